The third-order valence-electron chi connectivity index (χ3n) is 10.5. The number of carbonyl (C=O) groups excluding carboxylic acids is 3. The quantitative estimate of drug-likeness (QED) is 0.183. The van der Waals surface area contributed by atoms with Gasteiger partial charge in [-0.3, -0.25) is 14.4 Å². The van der Waals surface area contributed by atoms with Crippen molar-refractivity contribution in [2.24, 2.45) is 5.92 Å². The summed E-state index contributed by atoms with van der Waals surface area (Å²) in [7, 11) is 0. The number of piperidine rings is 1. The van der Waals surface area contributed by atoms with E-state index >= 15 is 0 Å². The van der Waals surface area contributed by atoms with Gasteiger partial charge in [0.25, 0.3) is 0 Å². The molecule has 0 saturated carbocycles. The SMILES string of the molecule is CC(=O)NCCCCCC(=O)Nc1cccc([C@@H]2O[C@H](CN3CCC4(CC3)C(=O)NCN4c3ccccc3)[C@H](C)[C@H](c3ccc(CO)cc3)O2)c1. The van der Waals surface area contributed by atoms with Crippen LogP contribution in [0.2, 0.25) is 0 Å². The van der Waals surface area contributed by atoms with Gasteiger partial charge >= 0.3 is 0 Å². The number of amides is 3. The minimum Gasteiger partial charge on any atom is -0.392 e. The van der Waals surface area contributed by atoms with Gasteiger partial charge in [-0.05, 0) is 61.1 Å². The average molecular weight is 698 g/mol. The number of likely N-dealkylation sites (tertiary alicyclic amines) is 1. The van der Waals surface area contributed by atoms with Crippen molar-refractivity contribution in [2.75, 3.05) is 43.1 Å². The molecule has 6 rings (SSSR count). The second kappa shape index (κ2) is 16.8. The number of aliphatic hydroxyl groups is 1. The summed E-state index contributed by atoms with van der Waals surface area (Å²) in [5, 5.41) is 18.5. The molecule has 272 valence electrons. The molecule has 3 amide bonds. The minimum atomic E-state index is -0.662. The van der Waals surface area contributed by atoms with E-state index in [1.165, 1.54) is 6.92 Å². The number of ether oxygens (including phenoxy) is 2. The Morgan fingerprint density at radius 3 is 2.43 bits per heavy atom. The molecule has 3 aliphatic rings. The van der Waals surface area contributed by atoms with Crippen LogP contribution in [0.4, 0.5) is 11.4 Å². The number of hydrogen-bond acceptors (Lipinski definition) is 8. The van der Waals surface area contributed by atoms with Gasteiger partial charge in [-0.1, -0.05) is 67.9 Å². The van der Waals surface area contributed by atoms with Gasteiger partial charge in [0, 0.05) is 62.4 Å². The maximum atomic E-state index is 13.3. The first-order valence-electron chi connectivity index (χ1n) is 18.2. The van der Waals surface area contributed by atoms with Crippen molar-refractivity contribution in [3.63, 3.8) is 0 Å². The first-order chi connectivity index (χ1) is 24.8. The van der Waals surface area contributed by atoms with Gasteiger partial charge in [-0.25, -0.2) is 0 Å². The monoisotopic (exact) mass is 697 g/mol. The third kappa shape index (κ3) is 8.78. The van der Waals surface area contributed by atoms with Crippen LogP contribution in [0, 0.1) is 5.92 Å². The molecule has 4 atom stereocenters. The Morgan fingerprint density at radius 2 is 1.71 bits per heavy atom. The van der Waals surface area contributed by atoms with Gasteiger partial charge in [0.2, 0.25) is 17.7 Å². The van der Waals surface area contributed by atoms with E-state index in [1.807, 2.05) is 66.7 Å². The smallest absolute Gasteiger partial charge is 0.247 e. The van der Waals surface area contributed by atoms with Crippen molar-refractivity contribution in [1.29, 1.82) is 0 Å². The predicted octanol–water partition coefficient (Wildman–Crippen LogP) is 5.03. The molecule has 3 fully saturated rings. The highest BCUT2D eigenvalue weighted by atomic mass is 16.7. The van der Waals surface area contributed by atoms with Crippen LogP contribution < -0.4 is 20.9 Å². The second-order valence-electron chi connectivity index (χ2n) is 14.0. The number of anilines is 2. The molecule has 0 aliphatic carbocycles. The maximum Gasteiger partial charge on any atom is 0.247 e. The van der Waals surface area contributed by atoms with Crippen LogP contribution in [-0.4, -0.2) is 72.2 Å². The van der Waals surface area contributed by atoms with Crippen LogP contribution in [0.1, 0.15) is 81.5 Å². The molecule has 3 saturated heterocycles. The van der Waals surface area contributed by atoms with E-state index in [0.29, 0.717) is 31.9 Å². The number of para-hydroxylation sites is 1. The predicted molar refractivity (Wildman–Crippen MR) is 196 cm³/mol. The van der Waals surface area contributed by atoms with Crippen LogP contribution >= 0.6 is 0 Å². The Labute approximate surface area is 300 Å². The van der Waals surface area contributed by atoms with Crippen LogP contribution in [0.25, 0.3) is 0 Å². The highest BCUT2D eigenvalue weighted by Gasteiger charge is 2.51. The van der Waals surface area contributed by atoms with E-state index in [2.05, 4.69) is 44.8 Å². The molecule has 3 aromatic carbocycles. The Morgan fingerprint density at radius 1 is 0.941 bits per heavy atom. The molecule has 3 aromatic rings. The maximum absolute atomic E-state index is 13.3. The molecule has 51 heavy (non-hydrogen) atoms. The fourth-order valence-corrected chi connectivity index (χ4v) is 7.56. The summed E-state index contributed by atoms with van der Waals surface area (Å²) in [5.74, 6) is 0.0125. The minimum absolute atomic E-state index is 0.0150. The van der Waals surface area contributed by atoms with Crippen molar-refractivity contribution in [1.82, 2.24) is 15.5 Å². The largest absolute Gasteiger partial charge is 0.392 e. The number of unbranched alkanes of at least 4 members (excludes halogenated alkanes) is 2. The molecule has 11 heteroatoms. The Hall–Kier alpha value is -4.29. The fraction of sp³-hybridized carbons (Fsp3) is 0.475. The summed E-state index contributed by atoms with van der Waals surface area (Å²) in [6.45, 7) is 6.98. The Balaban J connectivity index is 1.13. The Kier molecular flexibility index (Phi) is 12.0. The van der Waals surface area contributed by atoms with Gasteiger partial charge < -0.3 is 40.3 Å². The standard InChI is InChI=1S/C40H51N5O6/c1-28-35(25-44-22-19-40(20-23-44)39(49)42-27-45(40)34-12-5-3-6-13-34)50-38(51-37(28)31-17-15-30(26-46)16-18-31)32-10-9-11-33(24-32)43-36(48)14-7-4-8-21-41-29(2)47/h3,5-6,9-13,15-18,24,28,35,37-38,46H,4,7-8,14,19-23,25-27H2,1-2H3,(H,41,47)(H,42,49)(H,43,48)/t28-,35+,37+,38+/m0/s1. The van der Waals surface area contributed by atoms with E-state index in [9.17, 15) is 19.5 Å². The van der Waals surface area contributed by atoms with Crippen molar-refractivity contribution in [3.05, 3.63) is 95.6 Å². The molecule has 0 bridgehead atoms. The molecule has 1 spiro atoms. The molecule has 0 aromatic heterocycles. The molecule has 4 N–H and O–H groups in total. The lowest BCUT2D eigenvalue weighted by atomic mass is 9.84. The highest BCUT2D eigenvalue weighted by Crippen LogP contribution is 2.43. The zero-order valence-electron chi connectivity index (χ0n) is 29.7. The van der Waals surface area contributed by atoms with Gasteiger partial charge in [0.05, 0.1) is 25.5 Å². The van der Waals surface area contributed by atoms with Gasteiger partial charge in [-0.15, -0.1) is 0 Å². The molecule has 3 aliphatic heterocycles. The number of carbonyl (C=O) groups is 3. The number of rotatable bonds is 13. The van der Waals surface area contributed by atoms with Crippen LogP contribution in [0.5, 0.6) is 0 Å². The van der Waals surface area contributed by atoms with Gasteiger partial charge in [-0.2, -0.15) is 0 Å². The molecule has 3 heterocycles. The average Bonchev–Trinajstić information content (AvgIpc) is 3.46. The van der Waals surface area contributed by atoms with E-state index in [4.69, 9.17) is 9.47 Å². The van der Waals surface area contributed by atoms with E-state index in [1.54, 1.807) is 0 Å². The first kappa shape index (κ1) is 36.5. The summed E-state index contributed by atoms with van der Waals surface area (Å²) in [6, 6.07) is 25.7. The normalized spacial score (nSPS) is 23.2. The zero-order valence-corrected chi connectivity index (χ0v) is 29.7. The summed E-state index contributed by atoms with van der Waals surface area (Å²) < 4.78 is 13.4. The first-order valence-corrected chi connectivity index (χ1v) is 18.2. The topological polar surface area (TPSA) is 132 Å². The van der Waals surface area contributed by atoms with Gasteiger partial charge in [0.1, 0.15) is 5.54 Å². The van der Waals surface area contributed by atoms with Crippen molar-refractivity contribution in [2.45, 2.75) is 83.0 Å². The summed E-state index contributed by atoms with van der Waals surface area (Å²) in [6.07, 6.45) is 3.17. The molecular formula is C40H51N5O6. The number of hydrogen-bond donors (Lipinski definition) is 4. The summed E-state index contributed by atoms with van der Waals surface area (Å²) in [4.78, 5) is 41.7. The molecule has 0 radical (unpaired) electrons. The van der Waals surface area contributed by atoms with Crippen molar-refractivity contribution in [3.8, 4) is 0 Å². The van der Waals surface area contributed by atoms with Gasteiger partial charge in [0.15, 0.2) is 6.29 Å². The fourth-order valence-electron chi connectivity index (χ4n) is 7.56. The second-order valence-corrected chi connectivity index (χ2v) is 14.0. The van der Waals surface area contributed by atoms with E-state index in [0.717, 1.165) is 67.6 Å². The van der Waals surface area contributed by atoms with Crippen molar-refractivity contribution >= 4 is 29.1 Å². The Bertz CT molecular complexity index is 1630. The van der Waals surface area contributed by atoms with Crippen LogP contribution in [0.3, 0.4) is 0 Å². The lowest BCUT2D eigenvalue weighted by Crippen LogP contribution is -2.57. The van der Waals surface area contributed by atoms with E-state index < -0.39 is 11.8 Å². The summed E-state index contributed by atoms with van der Waals surface area (Å²) in [5.41, 5.74) is 3.85. The molecule has 11 nitrogen and oxygen atoms in total. The lowest BCUT2D eigenvalue weighted by molar-refractivity contribution is -0.276. The number of nitrogens with one attached hydrogen (secondary N) is 3. The third-order valence-corrected chi connectivity index (χ3v) is 10.5. The summed E-state index contributed by atoms with van der Waals surface area (Å²) >= 11 is 0. The van der Waals surface area contributed by atoms with Crippen LogP contribution in [0.15, 0.2) is 78.9 Å². The van der Waals surface area contributed by atoms with E-state index in [-0.39, 0.29) is 42.5 Å². The number of aliphatic hydroxyl groups excluding tert-OH is 1. The molecule has 0 unspecified atom stereocenters. The number of nitrogens with zero attached hydrogens (tertiary/aromatic N) is 2. The lowest BCUT2D eigenvalue weighted by Gasteiger charge is -2.46. The number of benzene rings is 3. The zero-order chi connectivity index (χ0) is 35.8. The molecular weight excluding hydrogens is 646 g/mol. The highest BCUT2D eigenvalue weighted by molar-refractivity contribution is 5.93. The van der Waals surface area contributed by atoms with Crippen LogP contribution in [-0.2, 0) is 30.5 Å². The van der Waals surface area contributed by atoms with Crippen molar-refractivity contribution < 1.29 is 29.0 Å².